The van der Waals surface area contributed by atoms with Gasteiger partial charge in [-0.25, -0.2) is 4.79 Å². The predicted molar refractivity (Wildman–Crippen MR) is 196 cm³/mol. The van der Waals surface area contributed by atoms with Crippen molar-refractivity contribution in [2.24, 2.45) is 0 Å². The van der Waals surface area contributed by atoms with Crippen LogP contribution >= 0.6 is 0 Å². The average Bonchev–Trinajstić information content (AvgIpc) is 3.97. The van der Waals surface area contributed by atoms with Gasteiger partial charge < -0.3 is 43.8 Å². The zero-order valence-corrected chi connectivity index (χ0v) is 29.5. The van der Waals surface area contributed by atoms with Gasteiger partial charge in [-0.2, -0.15) is 0 Å². The molecule has 1 saturated heterocycles. The van der Waals surface area contributed by atoms with Gasteiger partial charge in [-0.15, -0.1) is 0 Å². The summed E-state index contributed by atoms with van der Waals surface area (Å²) in [5.41, 5.74) is 1.50. The lowest BCUT2D eigenvalue weighted by molar-refractivity contribution is -0.147. The molecule has 3 aromatic carbocycles. The Hall–Kier alpha value is -6.34. The number of rotatable bonds is 15. The van der Waals surface area contributed by atoms with Crippen molar-refractivity contribution >= 4 is 35.5 Å². The van der Waals surface area contributed by atoms with Crippen LogP contribution in [-0.4, -0.2) is 77.6 Å². The second-order valence-electron chi connectivity index (χ2n) is 12.8. The Labute approximate surface area is 311 Å². The monoisotopic (exact) mass is 736 g/mol. The first-order valence-electron chi connectivity index (χ1n) is 17.5. The molecule has 0 aliphatic carbocycles. The van der Waals surface area contributed by atoms with E-state index in [1.807, 2.05) is 42.5 Å². The van der Waals surface area contributed by atoms with Crippen molar-refractivity contribution in [3.8, 4) is 11.5 Å². The first-order valence-corrected chi connectivity index (χ1v) is 17.5. The van der Waals surface area contributed by atoms with Crippen LogP contribution in [0.1, 0.15) is 53.1 Å². The Morgan fingerprint density at radius 1 is 0.944 bits per heavy atom. The first-order chi connectivity index (χ1) is 26.2. The van der Waals surface area contributed by atoms with Gasteiger partial charge in [-0.1, -0.05) is 66.7 Å². The molecule has 2 aliphatic heterocycles. The van der Waals surface area contributed by atoms with Gasteiger partial charge in [0.25, 0.3) is 11.8 Å². The van der Waals surface area contributed by atoms with Gasteiger partial charge in [0.2, 0.25) is 6.79 Å². The molecule has 3 unspecified atom stereocenters. The number of carbonyl (C=O) groups is 4. The van der Waals surface area contributed by atoms with E-state index < -0.39 is 59.6 Å². The number of carbonyl (C=O) groups excluding carboxylic acids is 3. The Balaban J connectivity index is 1.35. The number of carboxylic acids is 1. The molecular formula is C41H40N2O11. The summed E-state index contributed by atoms with van der Waals surface area (Å²) in [4.78, 5) is 53.9. The number of nitrogens with zero attached hydrogens (tertiary/aromatic N) is 1. The molecule has 0 saturated carbocycles. The molecule has 2 amide bonds. The van der Waals surface area contributed by atoms with Crippen LogP contribution in [0.4, 0.5) is 5.69 Å². The number of aliphatic carboxylic acids is 1. The fraction of sp³-hybridized carbons (Fsp3) is 0.268. The molecule has 0 radical (unpaired) electrons. The van der Waals surface area contributed by atoms with E-state index in [9.17, 15) is 29.4 Å². The normalized spacial score (nSPS) is 16.4. The third-order valence-corrected chi connectivity index (χ3v) is 9.13. The standard InChI is InChI=1S/C41H40N2O11/c1-26(32(28-14-16-34-36(21-28)52-25-51-34)22-30-15-17-35(53-30)39(47)42-29-12-6-3-7-13-29)43(19-8-11-27-9-4-2-5-10-27)40(48)38(46)33(23-37(44)45)41(49)54-31-18-20-50-24-31/h2-17,21,26,31-32,46H,18-20,22-25H2,1H3,(H,42,47)(H,44,45). The van der Waals surface area contributed by atoms with Crippen LogP contribution in [0.15, 0.2) is 113 Å². The minimum atomic E-state index is -1.43. The van der Waals surface area contributed by atoms with Gasteiger partial charge in [-0.05, 0) is 54.4 Å². The van der Waals surface area contributed by atoms with Crippen molar-refractivity contribution in [2.75, 3.05) is 31.9 Å². The van der Waals surface area contributed by atoms with Gasteiger partial charge in [-0.3, -0.25) is 14.4 Å². The molecule has 2 aliphatic rings. The topological polar surface area (TPSA) is 174 Å². The molecule has 3 atom stereocenters. The highest BCUT2D eigenvalue weighted by molar-refractivity contribution is 6.04. The number of furan rings is 1. The smallest absolute Gasteiger partial charge is 0.338 e. The molecule has 13 heteroatoms. The number of benzene rings is 3. The lowest BCUT2D eigenvalue weighted by Crippen LogP contribution is -2.44. The number of anilines is 1. The van der Waals surface area contributed by atoms with E-state index in [0.29, 0.717) is 36.0 Å². The zero-order chi connectivity index (χ0) is 38.0. The molecule has 0 bridgehead atoms. The summed E-state index contributed by atoms with van der Waals surface area (Å²) in [6, 6.07) is 26.2. The molecule has 54 heavy (non-hydrogen) atoms. The number of amides is 2. The highest BCUT2D eigenvalue weighted by atomic mass is 16.7. The summed E-state index contributed by atoms with van der Waals surface area (Å²) in [6.07, 6.45) is 2.53. The highest BCUT2D eigenvalue weighted by Gasteiger charge is 2.35. The van der Waals surface area contributed by atoms with Gasteiger partial charge in [0.05, 0.1) is 25.2 Å². The van der Waals surface area contributed by atoms with Crippen LogP contribution in [0.2, 0.25) is 0 Å². The van der Waals surface area contributed by atoms with Crippen LogP contribution in [0.5, 0.6) is 11.5 Å². The summed E-state index contributed by atoms with van der Waals surface area (Å²) in [5.74, 6) is -4.01. The number of carboxylic acid groups (broad SMARTS) is 1. The van der Waals surface area contributed by atoms with Crippen molar-refractivity contribution in [3.63, 3.8) is 0 Å². The van der Waals surface area contributed by atoms with Gasteiger partial charge in [0, 0.05) is 37.0 Å². The average molecular weight is 737 g/mol. The van der Waals surface area contributed by atoms with Crippen LogP contribution in [0.3, 0.4) is 0 Å². The number of hydrogen-bond donors (Lipinski definition) is 3. The third kappa shape index (κ3) is 9.36. The molecular weight excluding hydrogens is 696 g/mol. The number of aliphatic hydroxyl groups is 1. The number of para-hydroxylation sites is 1. The van der Waals surface area contributed by atoms with E-state index in [1.165, 1.54) is 4.90 Å². The first kappa shape index (κ1) is 37.4. The number of hydrogen-bond acceptors (Lipinski definition) is 10. The number of ether oxygens (including phenoxy) is 4. The molecule has 0 spiro atoms. The summed E-state index contributed by atoms with van der Waals surface area (Å²) in [6.45, 7) is 2.24. The lowest BCUT2D eigenvalue weighted by atomic mass is 9.87. The van der Waals surface area contributed by atoms with Crippen LogP contribution in [0, 0.1) is 0 Å². The maximum atomic E-state index is 14.4. The predicted octanol–water partition coefficient (Wildman–Crippen LogP) is 6.14. The molecule has 3 heterocycles. The SMILES string of the molecule is CC(C(Cc1ccc(C(=O)Nc2ccccc2)o1)c1ccc2c(c1)OCO2)N(CC=Cc1ccccc1)C(=O)C(O)=C(CC(=O)O)C(=O)OC1CCOC1. The van der Waals surface area contributed by atoms with E-state index in [4.69, 9.17) is 23.4 Å². The summed E-state index contributed by atoms with van der Waals surface area (Å²) < 4.78 is 27.9. The zero-order valence-electron chi connectivity index (χ0n) is 29.5. The second-order valence-corrected chi connectivity index (χ2v) is 12.8. The van der Waals surface area contributed by atoms with Crippen LogP contribution in [0.25, 0.3) is 6.08 Å². The molecule has 3 N–H and O–H groups in total. The number of nitrogens with one attached hydrogen (secondary N) is 1. The van der Waals surface area contributed by atoms with E-state index >= 15 is 0 Å². The number of aliphatic hydroxyl groups excluding tert-OH is 1. The Morgan fingerprint density at radius 3 is 2.41 bits per heavy atom. The summed E-state index contributed by atoms with van der Waals surface area (Å²) >= 11 is 0. The van der Waals surface area contributed by atoms with Crippen LogP contribution in [-0.2, 0) is 30.3 Å². The van der Waals surface area contributed by atoms with Crippen molar-refractivity contribution in [1.82, 2.24) is 4.90 Å². The van der Waals surface area contributed by atoms with Crippen molar-refractivity contribution in [2.45, 2.75) is 44.2 Å². The Kier molecular flexibility index (Phi) is 12.1. The number of esters is 1. The minimum Gasteiger partial charge on any atom is -0.503 e. The quantitative estimate of drug-likeness (QED) is 0.0727. The van der Waals surface area contributed by atoms with Crippen molar-refractivity contribution < 1.29 is 52.8 Å². The maximum absolute atomic E-state index is 14.4. The van der Waals surface area contributed by atoms with E-state index in [-0.39, 0.29) is 32.1 Å². The Bertz CT molecular complexity index is 2020. The van der Waals surface area contributed by atoms with Crippen molar-refractivity contribution in [3.05, 3.63) is 131 Å². The highest BCUT2D eigenvalue weighted by Crippen LogP contribution is 2.38. The van der Waals surface area contributed by atoms with E-state index in [2.05, 4.69) is 5.32 Å². The molecule has 6 rings (SSSR count). The van der Waals surface area contributed by atoms with Gasteiger partial charge in [0.15, 0.2) is 23.0 Å². The van der Waals surface area contributed by atoms with Gasteiger partial charge in [0.1, 0.15) is 11.9 Å². The van der Waals surface area contributed by atoms with Crippen LogP contribution < -0.4 is 14.8 Å². The van der Waals surface area contributed by atoms with Crippen molar-refractivity contribution in [1.29, 1.82) is 0 Å². The fourth-order valence-corrected chi connectivity index (χ4v) is 6.27. The maximum Gasteiger partial charge on any atom is 0.338 e. The van der Waals surface area contributed by atoms with E-state index in [1.54, 1.807) is 67.6 Å². The third-order valence-electron chi connectivity index (χ3n) is 9.13. The molecule has 13 nitrogen and oxygen atoms in total. The summed E-state index contributed by atoms with van der Waals surface area (Å²) in [5, 5.41) is 23.9. The second kappa shape index (κ2) is 17.5. The molecule has 1 aromatic heterocycles. The Morgan fingerprint density at radius 2 is 1.69 bits per heavy atom. The largest absolute Gasteiger partial charge is 0.503 e. The van der Waals surface area contributed by atoms with Gasteiger partial charge >= 0.3 is 11.9 Å². The number of fused-ring (bicyclic) bond motifs is 1. The fourth-order valence-electron chi connectivity index (χ4n) is 6.27. The molecule has 4 aromatic rings. The molecule has 1 fully saturated rings. The van der Waals surface area contributed by atoms with E-state index in [0.717, 1.165) is 11.1 Å². The lowest BCUT2D eigenvalue weighted by Gasteiger charge is -2.34. The molecule has 280 valence electrons. The minimum absolute atomic E-state index is 0.0417. The summed E-state index contributed by atoms with van der Waals surface area (Å²) in [7, 11) is 0.